The third-order valence-corrected chi connectivity index (χ3v) is 2.63. The van der Waals surface area contributed by atoms with Crippen LogP contribution >= 0.6 is 11.8 Å². The van der Waals surface area contributed by atoms with Gasteiger partial charge >= 0.3 is 0 Å². The lowest BCUT2D eigenvalue weighted by Crippen LogP contribution is -2.51. The van der Waals surface area contributed by atoms with Crippen molar-refractivity contribution in [1.29, 1.82) is 0 Å². The quantitative estimate of drug-likeness (QED) is 0.547. The zero-order chi connectivity index (χ0) is 9.10. The lowest BCUT2D eigenvalue weighted by atomic mass is 10.2. The average Bonchev–Trinajstić information content (AvgIpc) is 2.12. The lowest BCUT2D eigenvalue weighted by Gasteiger charge is -2.28. The van der Waals surface area contributed by atoms with Crippen molar-refractivity contribution in [2.45, 2.75) is 11.1 Å². The Hall–Kier alpha value is -0.810. The first kappa shape index (κ1) is 8.77. The first-order valence-electron chi connectivity index (χ1n) is 4.22. The van der Waals surface area contributed by atoms with Crippen molar-refractivity contribution in [2.75, 3.05) is 24.7 Å². The van der Waals surface area contributed by atoms with Crippen LogP contribution < -0.4 is 10.6 Å². The second kappa shape index (κ2) is 3.93. The molecule has 0 spiro atoms. The number of thioether (sulfide) groups is 1. The zero-order valence-electron chi connectivity index (χ0n) is 7.45. The van der Waals surface area contributed by atoms with Gasteiger partial charge in [0.05, 0.1) is 6.04 Å². The zero-order valence-corrected chi connectivity index (χ0v) is 8.27. The second-order valence-electron chi connectivity index (χ2n) is 2.95. The topological polar surface area (TPSA) is 49.8 Å². The van der Waals surface area contributed by atoms with Gasteiger partial charge in [0.2, 0.25) is 0 Å². The van der Waals surface area contributed by atoms with Gasteiger partial charge in [0.1, 0.15) is 17.2 Å². The third kappa shape index (κ3) is 2.10. The summed E-state index contributed by atoms with van der Waals surface area (Å²) in [6, 6.07) is 2.51. The predicted molar refractivity (Wildman–Crippen MR) is 54.1 cm³/mol. The Balaban J connectivity index is 2.01. The van der Waals surface area contributed by atoms with Crippen LogP contribution in [0.3, 0.4) is 0 Å². The van der Waals surface area contributed by atoms with E-state index in [1.807, 2.05) is 12.3 Å². The standard InChI is InChI=1S/C8H12N4S/c1-13-8-2-7(10-5-11-8)12-6-3-9-4-6/h2,5-6,9H,3-4H2,1H3,(H,10,11,12). The van der Waals surface area contributed by atoms with Crippen LogP contribution in [0.2, 0.25) is 0 Å². The van der Waals surface area contributed by atoms with E-state index >= 15 is 0 Å². The maximum absolute atomic E-state index is 4.15. The summed E-state index contributed by atoms with van der Waals surface area (Å²) in [5, 5.41) is 7.53. The van der Waals surface area contributed by atoms with Crippen LogP contribution in [-0.4, -0.2) is 35.4 Å². The Morgan fingerprint density at radius 3 is 3.00 bits per heavy atom. The highest BCUT2D eigenvalue weighted by Gasteiger charge is 2.16. The minimum absolute atomic E-state index is 0.532. The predicted octanol–water partition coefficient (Wildman–Crippen LogP) is 0.582. The van der Waals surface area contributed by atoms with Gasteiger partial charge in [-0.1, -0.05) is 0 Å². The minimum atomic E-state index is 0.532. The molecule has 1 aromatic heterocycles. The van der Waals surface area contributed by atoms with E-state index < -0.39 is 0 Å². The molecule has 2 N–H and O–H groups in total. The molecule has 0 saturated carbocycles. The van der Waals surface area contributed by atoms with Crippen LogP contribution in [0.25, 0.3) is 0 Å². The van der Waals surface area contributed by atoms with Crippen molar-refractivity contribution in [3.8, 4) is 0 Å². The summed E-state index contributed by atoms with van der Waals surface area (Å²) in [6.45, 7) is 2.05. The fourth-order valence-corrected chi connectivity index (χ4v) is 1.51. The largest absolute Gasteiger partial charge is 0.365 e. The van der Waals surface area contributed by atoms with Gasteiger partial charge in [-0.3, -0.25) is 0 Å². The molecule has 1 aliphatic heterocycles. The van der Waals surface area contributed by atoms with Gasteiger partial charge in [0, 0.05) is 19.2 Å². The van der Waals surface area contributed by atoms with Crippen molar-refractivity contribution in [1.82, 2.24) is 15.3 Å². The Bertz CT molecular complexity index is 287. The van der Waals surface area contributed by atoms with Gasteiger partial charge in [-0.25, -0.2) is 9.97 Å². The van der Waals surface area contributed by atoms with E-state index in [0.29, 0.717) is 6.04 Å². The number of nitrogens with one attached hydrogen (secondary N) is 2. The van der Waals surface area contributed by atoms with Crippen LogP contribution in [0.4, 0.5) is 5.82 Å². The van der Waals surface area contributed by atoms with E-state index in [1.54, 1.807) is 18.1 Å². The summed E-state index contributed by atoms with van der Waals surface area (Å²) in [7, 11) is 0. The number of anilines is 1. The molecule has 1 aliphatic rings. The fourth-order valence-electron chi connectivity index (χ4n) is 1.13. The van der Waals surface area contributed by atoms with Crippen molar-refractivity contribution < 1.29 is 0 Å². The monoisotopic (exact) mass is 196 g/mol. The summed E-state index contributed by atoms with van der Waals surface area (Å²) >= 11 is 1.63. The Morgan fingerprint density at radius 1 is 1.54 bits per heavy atom. The molecule has 0 atom stereocenters. The third-order valence-electron chi connectivity index (χ3n) is 1.98. The van der Waals surface area contributed by atoms with E-state index in [9.17, 15) is 0 Å². The molecular weight excluding hydrogens is 184 g/mol. The average molecular weight is 196 g/mol. The Kier molecular flexibility index (Phi) is 2.65. The maximum Gasteiger partial charge on any atom is 0.130 e. The normalized spacial score (nSPS) is 16.7. The molecule has 0 amide bonds. The van der Waals surface area contributed by atoms with Crippen LogP contribution in [0.5, 0.6) is 0 Å². The van der Waals surface area contributed by atoms with E-state index in [-0.39, 0.29) is 0 Å². The van der Waals surface area contributed by atoms with Crippen molar-refractivity contribution in [3.63, 3.8) is 0 Å². The van der Waals surface area contributed by atoms with Crippen LogP contribution in [0.1, 0.15) is 0 Å². The van der Waals surface area contributed by atoms with Gasteiger partial charge in [-0.05, 0) is 6.26 Å². The highest BCUT2D eigenvalue weighted by atomic mass is 32.2. The molecule has 0 unspecified atom stereocenters. The van der Waals surface area contributed by atoms with Gasteiger partial charge in [-0.15, -0.1) is 11.8 Å². The summed E-state index contributed by atoms with van der Waals surface area (Å²) in [5.74, 6) is 0.922. The maximum atomic E-state index is 4.15. The Labute approximate surface area is 81.5 Å². The second-order valence-corrected chi connectivity index (χ2v) is 3.77. The van der Waals surface area contributed by atoms with Crippen molar-refractivity contribution in [2.24, 2.45) is 0 Å². The number of hydrogen-bond acceptors (Lipinski definition) is 5. The molecule has 1 aromatic rings. The molecule has 13 heavy (non-hydrogen) atoms. The fraction of sp³-hybridized carbons (Fsp3) is 0.500. The summed E-state index contributed by atoms with van der Waals surface area (Å²) in [4.78, 5) is 8.25. The first-order chi connectivity index (χ1) is 6.38. The number of aromatic nitrogens is 2. The minimum Gasteiger partial charge on any atom is -0.365 e. The molecule has 4 nitrogen and oxygen atoms in total. The van der Waals surface area contributed by atoms with Gasteiger partial charge in [-0.2, -0.15) is 0 Å². The Morgan fingerprint density at radius 2 is 2.38 bits per heavy atom. The molecular formula is C8H12N4S. The lowest BCUT2D eigenvalue weighted by molar-refractivity contribution is 0.471. The molecule has 2 heterocycles. The molecule has 1 saturated heterocycles. The molecule has 0 bridgehead atoms. The number of rotatable bonds is 3. The molecule has 70 valence electrons. The highest BCUT2D eigenvalue weighted by Crippen LogP contribution is 2.14. The molecule has 2 rings (SSSR count). The van der Waals surface area contributed by atoms with E-state index in [4.69, 9.17) is 0 Å². The van der Waals surface area contributed by atoms with Crippen LogP contribution in [0, 0.1) is 0 Å². The van der Waals surface area contributed by atoms with Crippen LogP contribution in [0.15, 0.2) is 17.4 Å². The van der Waals surface area contributed by atoms with E-state index in [1.165, 1.54) is 0 Å². The molecule has 0 aromatic carbocycles. The van der Waals surface area contributed by atoms with Crippen LogP contribution in [-0.2, 0) is 0 Å². The van der Waals surface area contributed by atoms with E-state index in [0.717, 1.165) is 23.9 Å². The van der Waals surface area contributed by atoms with Crippen molar-refractivity contribution >= 4 is 17.6 Å². The summed E-state index contributed by atoms with van der Waals surface area (Å²) in [5.41, 5.74) is 0. The number of hydrogen-bond donors (Lipinski definition) is 2. The van der Waals surface area contributed by atoms with Gasteiger partial charge in [0.25, 0.3) is 0 Å². The molecule has 0 radical (unpaired) electrons. The number of nitrogens with zero attached hydrogens (tertiary/aromatic N) is 2. The van der Waals surface area contributed by atoms with Gasteiger partial charge in [0.15, 0.2) is 0 Å². The smallest absolute Gasteiger partial charge is 0.130 e. The molecule has 0 aliphatic carbocycles. The summed E-state index contributed by atoms with van der Waals surface area (Å²) in [6.07, 6.45) is 3.61. The molecule has 1 fully saturated rings. The first-order valence-corrected chi connectivity index (χ1v) is 5.44. The van der Waals surface area contributed by atoms with Gasteiger partial charge < -0.3 is 10.6 Å². The SMILES string of the molecule is CSc1cc(NC2CNC2)ncn1. The molecule has 5 heteroatoms. The van der Waals surface area contributed by atoms with E-state index in [2.05, 4.69) is 20.6 Å². The highest BCUT2D eigenvalue weighted by molar-refractivity contribution is 7.98. The van der Waals surface area contributed by atoms with Crippen molar-refractivity contribution in [3.05, 3.63) is 12.4 Å². The summed E-state index contributed by atoms with van der Waals surface area (Å²) < 4.78 is 0.